The number of aromatic carboxylic acids is 1. The molecule has 4 fully saturated rings. The molecule has 26 heavy (non-hydrogen) atoms. The van der Waals surface area contributed by atoms with E-state index in [2.05, 4.69) is 20.8 Å². The molecule has 1 N–H and O–H groups in total. The van der Waals surface area contributed by atoms with Crippen LogP contribution in [0.3, 0.4) is 0 Å². The van der Waals surface area contributed by atoms with Crippen molar-refractivity contribution in [2.75, 3.05) is 7.11 Å². The quantitative estimate of drug-likeness (QED) is 0.833. The van der Waals surface area contributed by atoms with Crippen molar-refractivity contribution >= 4 is 13.1 Å². The fourth-order valence-corrected chi connectivity index (χ4v) is 5.41. The van der Waals surface area contributed by atoms with Crippen LogP contribution in [0.25, 0.3) is 0 Å². The lowest BCUT2D eigenvalue weighted by Crippen LogP contribution is -2.65. The minimum atomic E-state index is -1.35. The first-order valence-corrected chi connectivity index (χ1v) is 9.10. The average molecular weight is 362 g/mol. The summed E-state index contributed by atoms with van der Waals surface area (Å²) in [5.41, 5.74) is 0.0551. The molecular formula is C19H24BFO5. The normalized spacial score (nSPS) is 34.2. The number of carboxylic acid groups (broad SMARTS) is 1. The van der Waals surface area contributed by atoms with Crippen molar-refractivity contribution in [3.05, 3.63) is 29.1 Å². The Balaban J connectivity index is 1.59. The SMILES string of the molecule is COc1c(CB2OC3CC4CC(C4(C)C)C3(C)O2)ccc(F)c1C(=O)O. The van der Waals surface area contributed by atoms with Crippen molar-refractivity contribution in [2.24, 2.45) is 17.3 Å². The number of methoxy groups -OCH3 is 1. The lowest BCUT2D eigenvalue weighted by molar-refractivity contribution is -0.199. The second-order valence-corrected chi connectivity index (χ2v) is 8.52. The summed E-state index contributed by atoms with van der Waals surface area (Å²) in [5.74, 6) is -1.01. The summed E-state index contributed by atoms with van der Waals surface area (Å²) in [4.78, 5) is 11.4. The molecule has 4 unspecified atom stereocenters. The summed E-state index contributed by atoms with van der Waals surface area (Å²) < 4.78 is 31.6. The molecule has 1 saturated heterocycles. The summed E-state index contributed by atoms with van der Waals surface area (Å²) >= 11 is 0. The van der Waals surface area contributed by atoms with Crippen LogP contribution in [0.4, 0.5) is 4.39 Å². The van der Waals surface area contributed by atoms with Crippen LogP contribution in [0.15, 0.2) is 12.1 Å². The van der Waals surface area contributed by atoms with E-state index in [-0.39, 0.29) is 22.9 Å². The zero-order valence-electron chi connectivity index (χ0n) is 15.5. The van der Waals surface area contributed by atoms with E-state index in [9.17, 15) is 14.3 Å². The van der Waals surface area contributed by atoms with E-state index in [0.29, 0.717) is 23.7 Å². The first-order valence-electron chi connectivity index (χ1n) is 9.10. The Hall–Kier alpha value is -1.60. The van der Waals surface area contributed by atoms with Gasteiger partial charge in [-0.25, -0.2) is 9.18 Å². The highest BCUT2D eigenvalue weighted by Gasteiger charge is 2.67. The van der Waals surface area contributed by atoms with Gasteiger partial charge < -0.3 is 19.2 Å². The van der Waals surface area contributed by atoms with E-state index in [0.717, 1.165) is 12.5 Å². The molecule has 3 saturated carbocycles. The lowest BCUT2D eigenvalue weighted by Gasteiger charge is -2.64. The number of benzene rings is 1. The van der Waals surface area contributed by atoms with Crippen molar-refractivity contribution in [3.8, 4) is 5.75 Å². The Bertz CT molecular complexity index is 767. The zero-order chi connectivity index (χ0) is 18.9. The first kappa shape index (κ1) is 17.8. The van der Waals surface area contributed by atoms with Gasteiger partial charge in [-0.15, -0.1) is 0 Å². The topological polar surface area (TPSA) is 65.0 Å². The first-order chi connectivity index (χ1) is 12.2. The molecule has 7 heteroatoms. The second-order valence-electron chi connectivity index (χ2n) is 8.52. The third-order valence-corrected chi connectivity index (χ3v) is 6.99. The molecule has 2 bridgehead atoms. The second kappa shape index (κ2) is 5.70. The molecule has 1 aromatic carbocycles. The minimum Gasteiger partial charge on any atom is -0.495 e. The van der Waals surface area contributed by atoms with Gasteiger partial charge in [0.05, 0.1) is 18.8 Å². The van der Waals surface area contributed by atoms with Crippen LogP contribution in [-0.4, -0.2) is 37.0 Å². The number of hydrogen-bond acceptors (Lipinski definition) is 4. The van der Waals surface area contributed by atoms with Crippen LogP contribution in [0.1, 0.15) is 49.5 Å². The van der Waals surface area contributed by atoms with Gasteiger partial charge in [0.2, 0.25) is 0 Å². The van der Waals surface area contributed by atoms with E-state index in [1.165, 1.54) is 13.5 Å². The van der Waals surface area contributed by atoms with Crippen molar-refractivity contribution in [1.82, 2.24) is 0 Å². The standard InChI is InChI=1S/C19H24BFO5/c1-18(2)11-7-13(18)19(3)14(8-11)25-20(26-19)9-10-5-6-12(21)15(17(22)23)16(10)24-4/h5-6,11,13-14H,7-9H2,1-4H3,(H,22,23). The van der Waals surface area contributed by atoms with Gasteiger partial charge in [-0.2, -0.15) is 0 Å². The number of carboxylic acids is 1. The van der Waals surface area contributed by atoms with Crippen molar-refractivity contribution in [2.45, 2.75) is 51.6 Å². The van der Waals surface area contributed by atoms with E-state index < -0.39 is 24.5 Å². The number of halogens is 1. The van der Waals surface area contributed by atoms with Crippen molar-refractivity contribution in [3.63, 3.8) is 0 Å². The molecule has 1 heterocycles. The number of hydrogen-bond donors (Lipinski definition) is 1. The summed E-state index contributed by atoms with van der Waals surface area (Å²) in [5, 5.41) is 9.29. The number of carbonyl (C=O) groups is 1. The third-order valence-electron chi connectivity index (χ3n) is 6.99. The minimum absolute atomic E-state index is 0.0364. The fourth-order valence-electron chi connectivity index (χ4n) is 5.41. The van der Waals surface area contributed by atoms with Gasteiger partial charge in [0.15, 0.2) is 0 Å². The third kappa shape index (κ3) is 2.33. The van der Waals surface area contributed by atoms with E-state index in [1.54, 1.807) is 6.07 Å². The van der Waals surface area contributed by atoms with Crippen LogP contribution >= 0.6 is 0 Å². The Kier molecular flexibility index (Phi) is 3.90. The molecule has 4 atom stereocenters. The van der Waals surface area contributed by atoms with Crippen LogP contribution in [0, 0.1) is 23.1 Å². The van der Waals surface area contributed by atoms with Gasteiger partial charge in [-0.3, -0.25) is 0 Å². The summed E-state index contributed by atoms with van der Waals surface area (Å²) in [6.45, 7) is 6.72. The van der Waals surface area contributed by atoms with E-state index in [4.69, 9.17) is 14.0 Å². The summed E-state index contributed by atoms with van der Waals surface area (Å²) in [6.07, 6.45) is 2.53. The number of ether oxygens (including phenoxy) is 1. The average Bonchev–Trinajstić information content (AvgIpc) is 2.90. The largest absolute Gasteiger partial charge is 0.495 e. The van der Waals surface area contributed by atoms with Gasteiger partial charge in [-0.05, 0) is 48.6 Å². The van der Waals surface area contributed by atoms with Crippen molar-refractivity contribution in [1.29, 1.82) is 0 Å². The fraction of sp³-hybridized carbons (Fsp3) is 0.632. The highest BCUT2D eigenvalue weighted by Crippen LogP contribution is 2.65. The molecule has 0 amide bonds. The molecule has 5 nitrogen and oxygen atoms in total. The highest BCUT2D eigenvalue weighted by molar-refractivity contribution is 6.45. The predicted molar refractivity (Wildman–Crippen MR) is 93.7 cm³/mol. The van der Waals surface area contributed by atoms with E-state index >= 15 is 0 Å². The maximum Gasteiger partial charge on any atom is 0.462 e. The molecule has 0 radical (unpaired) electrons. The Morgan fingerprint density at radius 1 is 1.38 bits per heavy atom. The van der Waals surface area contributed by atoms with Gasteiger partial charge in [-0.1, -0.05) is 19.9 Å². The zero-order valence-corrected chi connectivity index (χ0v) is 15.5. The van der Waals surface area contributed by atoms with Gasteiger partial charge >= 0.3 is 13.1 Å². The smallest absolute Gasteiger partial charge is 0.462 e. The van der Waals surface area contributed by atoms with Crippen LogP contribution in [0.2, 0.25) is 0 Å². The van der Waals surface area contributed by atoms with Gasteiger partial charge in [0.1, 0.15) is 17.1 Å². The van der Waals surface area contributed by atoms with Crippen LogP contribution < -0.4 is 4.74 Å². The predicted octanol–water partition coefficient (Wildman–Crippen LogP) is 3.34. The molecule has 3 aliphatic carbocycles. The monoisotopic (exact) mass is 362 g/mol. The van der Waals surface area contributed by atoms with Crippen molar-refractivity contribution < 1.29 is 28.3 Å². The molecule has 0 aromatic heterocycles. The van der Waals surface area contributed by atoms with E-state index in [1.807, 2.05) is 0 Å². The molecule has 5 rings (SSSR count). The maximum absolute atomic E-state index is 13.9. The molecular weight excluding hydrogens is 338 g/mol. The summed E-state index contributed by atoms with van der Waals surface area (Å²) in [6, 6.07) is 2.70. The molecule has 1 aliphatic heterocycles. The molecule has 140 valence electrons. The highest BCUT2D eigenvalue weighted by atomic mass is 19.1. The van der Waals surface area contributed by atoms with Gasteiger partial charge in [0, 0.05) is 6.32 Å². The van der Waals surface area contributed by atoms with Crippen LogP contribution in [-0.2, 0) is 15.6 Å². The molecule has 0 spiro atoms. The Morgan fingerprint density at radius 3 is 2.73 bits per heavy atom. The maximum atomic E-state index is 13.9. The lowest BCUT2D eigenvalue weighted by atomic mass is 9.43. The molecule has 1 aromatic rings. The van der Waals surface area contributed by atoms with Gasteiger partial charge in [0.25, 0.3) is 0 Å². The molecule has 4 aliphatic rings. The van der Waals surface area contributed by atoms with Crippen LogP contribution in [0.5, 0.6) is 5.75 Å². The Morgan fingerprint density at radius 2 is 2.12 bits per heavy atom. The Labute approximate surface area is 153 Å². The number of rotatable bonds is 4. The summed E-state index contributed by atoms with van der Waals surface area (Å²) in [7, 11) is 0.862.